The van der Waals surface area contributed by atoms with Gasteiger partial charge in [0, 0.05) is 11.6 Å². The van der Waals surface area contributed by atoms with Crippen molar-refractivity contribution in [2.24, 2.45) is 0 Å². The lowest BCUT2D eigenvalue weighted by atomic mass is 9.86. The number of fused-ring (bicyclic) bond motifs is 1. The largest absolute Gasteiger partial charge is 0.449 e. The summed E-state index contributed by atoms with van der Waals surface area (Å²) in [6, 6.07) is 22.8. The zero-order valence-corrected chi connectivity index (χ0v) is 20.9. The number of carbonyl (C=O) groups excluding carboxylic acids is 2. The first-order valence-corrected chi connectivity index (χ1v) is 12.0. The van der Waals surface area contributed by atoms with Crippen LogP contribution in [-0.4, -0.2) is 24.9 Å². The number of halogens is 1. The van der Waals surface area contributed by atoms with Crippen molar-refractivity contribution in [1.82, 2.24) is 5.32 Å². The van der Waals surface area contributed by atoms with Crippen LogP contribution < -0.4 is 15.0 Å². The fraction of sp³-hybridized carbons (Fsp3) is 0.241. The second kappa shape index (κ2) is 10.4. The molecule has 2 amide bonds. The van der Waals surface area contributed by atoms with Crippen LogP contribution >= 0.6 is 11.6 Å². The van der Waals surface area contributed by atoms with E-state index in [0.29, 0.717) is 29.4 Å². The number of nitrogens with zero attached hydrogens (tertiary/aromatic N) is 1. The summed E-state index contributed by atoms with van der Waals surface area (Å²) in [7, 11) is 0. The van der Waals surface area contributed by atoms with Crippen molar-refractivity contribution in [1.29, 1.82) is 0 Å². The van der Waals surface area contributed by atoms with E-state index in [-0.39, 0.29) is 29.5 Å². The minimum Gasteiger partial charge on any atom is -0.449 e. The molecule has 0 aromatic heterocycles. The van der Waals surface area contributed by atoms with Gasteiger partial charge in [-0.05, 0) is 58.9 Å². The molecule has 3 aromatic rings. The molecule has 0 radical (unpaired) electrons. The van der Waals surface area contributed by atoms with Crippen LogP contribution in [0, 0.1) is 0 Å². The molecule has 35 heavy (non-hydrogen) atoms. The van der Waals surface area contributed by atoms with Crippen LogP contribution in [0.2, 0.25) is 5.02 Å². The SMILES string of the molecule is CC(C)(C)c1ccc2c(c1)N(CC(=O)NCCc1ccc(Cl)cc1)C(=O)C(=Cc1ccccc1)O2. The monoisotopic (exact) mass is 488 g/mol. The highest BCUT2D eigenvalue weighted by molar-refractivity contribution is 6.30. The Hall–Kier alpha value is -3.57. The third-order valence-electron chi connectivity index (χ3n) is 5.84. The Morgan fingerprint density at radius 2 is 1.74 bits per heavy atom. The van der Waals surface area contributed by atoms with Crippen LogP contribution in [0.25, 0.3) is 6.08 Å². The Bertz CT molecular complexity index is 1250. The van der Waals surface area contributed by atoms with Gasteiger partial charge >= 0.3 is 0 Å². The standard InChI is InChI=1S/C29H29ClN2O3/c1-29(2,3)22-11-14-25-24(18-22)32(28(34)26(35-25)17-21-7-5-4-6-8-21)19-27(33)31-16-15-20-9-12-23(30)13-10-20/h4-14,17-18H,15-16,19H2,1-3H3,(H,31,33). The van der Waals surface area contributed by atoms with Crippen LogP contribution in [0.1, 0.15) is 37.5 Å². The second-order valence-corrected chi connectivity index (χ2v) is 10.0. The minimum absolute atomic E-state index is 0.102. The van der Waals surface area contributed by atoms with Gasteiger partial charge in [0.2, 0.25) is 5.91 Å². The van der Waals surface area contributed by atoms with Crippen molar-refractivity contribution in [3.63, 3.8) is 0 Å². The molecule has 0 saturated heterocycles. The van der Waals surface area contributed by atoms with E-state index in [4.69, 9.17) is 16.3 Å². The zero-order chi connectivity index (χ0) is 25.0. The van der Waals surface area contributed by atoms with Crippen molar-refractivity contribution in [3.8, 4) is 5.75 Å². The number of anilines is 1. The zero-order valence-electron chi connectivity index (χ0n) is 20.2. The van der Waals surface area contributed by atoms with E-state index >= 15 is 0 Å². The van der Waals surface area contributed by atoms with Crippen LogP contribution in [0.4, 0.5) is 5.69 Å². The van der Waals surface area contributed by atoms with Crippen molar-refractivity contribution >= 4 is 35.2 Å². The lowest BCUT2D eigenvalue weighted by molar-refractivity contribution is -0.123. The summed E-state index contributed by atoms with van der Waals surface area (Å²) in [5.74, 6) is 0.149. The molecule has 5 nitrogen and oxygen atoms in total. The van der Waals surface area contributed by atoms with Crippen LogP contribution in [-0.2, 0) is 21.4 Å². The first-order chi connectivity index (χ1) is 16.7. The number of hydrogen-bond acceptors (Lipinski definition) is 3. The van der Waals surface area contributed by atoms with Gasteiger partial charge < -0.3 is 10.1 Å². The molecule has 0 atom stereocenters. The van der Waals surface area contributed by atoms with Crippen molar-refractivity contribution in [2.45, 2.75) is 32.6 Å². The summed E-state index contributed by atoms with van der Waals surface area (Å²) >= 11 is 5.94. The first-order valence-electron chi connectivity index (χ1n) is 11.6. The molecule has 4 rings (SSSR count). The molecule has 1 aliphatic heterocycles. The van der Waals surface area contributed by atoms with Gasteiger partial charge in [-0.2, -0.15) is 0 Å². The Labute approximate surface area is 211 Å². The van der Waals surface area contributed by atoms with Gasteiger partial charge in [-0.3, -0.25) is 14.5 Å². The number of benzene rings is 3. The number of amides is 2. The van der Waals surface area contributed by atoms with E-state index in [0.717, 1.165) is 16.7 Å². The van der Waals surface area contributed by atoms with E-state index in [9.17, 15) is 9.59 Å². The fourth-order valence-electron chi connectivity index (χ4n) is 3.83. The smallest absolute Gasteiger partial charge is 0.294 e. The van der Waals surface area contributed by atoms with Crippen LogP contribution in [0.3, 0.4) is 0 Å². The quantitative estimate of drug-likeness (QED) is 0.448. The molecule has 1 N–H and O–H groups in total. The van der Waals surface area contributed by atoms with E-state index in [1.54, 1.807) is 6.08 Å². The summed E-state index contributed by atoms with van der Waals surface area (Å²) < 4.78 is 6.00. The molecule has 6 heteroatoms. The Morgan fingerprint density at radius 1 is 1.03 bits per heavy atom. The van der Waals surface area contributed by atoms with Crippen molar-refractivity contribution in [2.75, 3.05) is 18.0 Å². The molecule has 0 saturated carbocycles. The molecule has 0 bridgehead atoms. The van der Waals surface area contributed by atoms with E-state index in [2.05, 4.69) is 26.1 Å². The average molecular weight is 489 g/mol. The molecule has 1 heterocycles. The number of ether oxygens (including phenoxy) is 1. The van der Waals surface area contributed by atoms with Gasteiger partial charge in [0.05, 0.1) is 5.69 Å². The second-order valence-electron chi connectivity index (χ2n) is 9.57. The normalized spacial score (nSPS) is 14.5. The van der Waals surface area contributed by atoms with Gasteiger partial charge in [0.1, 0.15) is 6.54 Å². The number of rotatable bonds is 6. The molecule has 1 aliphatic rings. The summed E-state index contributed by atoms with van der Waals surface area (Å²) in [4.78, 5) is 27.8. The number of carbonyl (C=O) groups is 2. The van der Waals surface area contributed by atoms with Gasteiger partial charge in [-0.1, -0.05) is 80.9 Å². The van der Waals surface area contributed by atoms with Gasteiger partial charge in [-0.25, -0.2) is 0 Å². The van der Waals surface area contributed by atoms with E-state index < -0.39 is 0 Å². The predicted octanol–water partition coefficient (Wildman–Crippen LogP) is 5.76. The van der Waals surface area contributed by atoms with Crippen molar-refractivity contribution < 1.29 is 14.3 Å². The summed E-state index contributed by atoms with van der Waals surface area (Å²) in [5, 5.41) is 3.60. The number of nitrogens with one attached hydrogen (secondary N) is 1. The van der Waals surface area contributed by atoms with Gasteiger partial charge in [-0.15, -0.1) is 0 Å². The third kappa shape index (κ3) is 6.11. The highest BCUT2D eigenvalue weighted by atomic mass is 35.5. The summed E-state index contributed by atoms with van der Waals surface area (Å²) in [6.45, 7) is 6.68. The molecule has 0 spiro atoms. The molecule has 180 valence electrons. The maximum Gasteiger partial charge on any atom is 0.294 e. The van der Waals surface area contributed by atoms with Crippen LogP contribution in [0.5, 0.6) is 5.75 Å². The Kier molecular flexibility index (Phi) is 7.27. The maximum atomic E-state index is 13.5. The third-order valence-corrected chi connectivity index (χ3v) is 6.09. The molecule has 0 unspecified atom stereocenters. The molecular weight excluding hydrogens is 460 g/mol. The summed E-state index contributed by atoms with van der Waals surface area (Å²) in [5.41, 5.74) is 3.45. The molecule has 0 aliphatic carbocycles. The Morgan fingerprint density at radius 3 is 2.43 bits per heavy atom. The topological polar surface area (TPSA) is 58.6 Å². The number of hydrogen-bond donors (Lipinski definition) is 1. The first kappa shape index (κ1) is 24.6. The lowest BCUT2D eigenvalue weighted by Crippen LogP contribution is -2.44. The fourth-order valence-corrected chi connectivity index (χ4v) is 3.96. The predicted molar refractivity (Wildman–Crippen MR) is 141 cm³/mol. The van der Waals surface area contributed by atoms with E-state index in [1.807, 2.05) is 72.8 Å². The summed E-state index contributed by atoms with van der Waals surface area (Å²) in [6.07, 6.45) is 2.37. The molecule has 3 aromatic carbocycles. The van der Waals surface area contributed by atoms with Gasteiger partial charge in [0.15, 0.2) is 11.5 Å². The molecular formula is C29H29ClN2O3. The minimum atomic E-state index is -0.347. The highest BCUT2D eigenvalue weighted by Crippen LogP contribution is 2.39. The van der Waals surface area contributed by atoms with Crippen molar-refractivity contribution in [3.05, 3.63) is 100 Å². The molecule has 0 fully saturated rings. The van der Waals surface area contributed by atoms with Crippen LogP contribution in [0.15, 0.2) is 78.6 Å². The maximum absolute atomic E-state index is 13.5. The van der Waals surface area contributed by atoms with Gasteiger partial charge in [0.25, 0.3) is 5.91 Å². The Balaban J connectivity index is 1.56. The lowest BCUT2D eigenvalue weighted by Gasteiger charge is -2.32. The highest BCUT2D eigenvalue weighted by Gasteiger charge is 2.33. The average Bonchev–Trinajstić information content (AvgIpc) is 2.83. The van der Waals surface area contributed by atoms with E-state index in [1.165, 1.54) is 4.90 Å².